The maximum absolute atomic E-state index is 12.1. The molecule has 0 bridgehead atoms. The summed E-state index contributed by atoms with van der Waals surface area (Å²) in [6.45, 7) is 2.92. The van der Waals surface area contributed by atoms with Crippen molar-refractivity contribution in [2.45, 2.75) is 36.4 Å². The number of carbonyl (C=O) groups is 3. The van der Waals surface area contributed by atoms with Gasteiger partial charge in [-0.1, -0.05) is 6.08 Å². The van der Waals surface area contributed by atoms with Crippen LogP contribution in [-0.4, -0.2) is 57.7 Å². The van der Waals surface area contributed by atoms with Gasteiger partial charge in [-0.25, -0.2) is 4.79 Å². The molecule has 2 N–H and O–H groups in total. The molecule has 2 amide bonds. The van der Waals surface area contributed by atoms with Gasteiger partial charge in [0.05, 0.1) is 18.8 Å². The normalized spacial score (nSPS) is 29.9. The Morgan fingerprint density at radius 1 is 1.52 bits per heavy atom. The van der Waals surface area contributed by atoms with Crippen molar-refractivity contribution in [1.82, 2.24) is 10.2 Å². The van der Waals surface area contributed by atoms with E-state index in [4.69, 9.17) is 9.84 Å². The van der Waals surface area contributed by atoms with E-state index in [0.29, 0.717) is 13.2 Å². The van der Waals surface area contributed by atoms with Gasteiger partial charge < -0.3 is 20.1 Å². The highest BCUT2D eigenvalue weighted by Gasteiger charge is 2.51. The molecule has 3 aliphatic heterocycles. The number of rotatable bonds is 4. The van der Waals surface area contributed by atoms with Gasteiger partial charge in [-0.15, -0.1) is 11.8 Å². The highest BCUT2D eigenvalue weighted by Crippen LogP contribution is 2.40. The summed E-state index contributed by atoms with van der Waals surface area (Å²) in [5.41, 5.74) is 1.13. The summed E-state index contributed by atoms with van der Waals surface area (Å²) < 4.78 is 5.29. The summed E-state index contributed by atoms with van der Waals surface area (Å²) in [5, 5.41) is 11.4. The van der Waals surface area contributed by atoms with Crippen molar-refractivity contribution in [3.63, 3.8) is 0 Å². The number of carboxylic acid groups (broad SMARTS) is 1. The van der Waals surface area contributed by atoms with Crippen LogP contribution >= 0.6 is 11.8 Å². The molecule has 1 saturated heterocycles. The standard InChI is InChI=1S/C15H18N2O5S/c1-8-10(15(20)21)6-17-13(19)12(14(17)23-8)16-11(18)5-9-3-2-4-22-7-9/h3,6,8,12,14H,2,4-5,7H2,1H3,(H,16,18)(H,20,21)/t8?,12?,14-/m1/s1. The van der Waals surface area contributed by atoms with Crippen LogP contribution in [-0.2, 0) is 19.1 Å². The van der Waals surface area contributed by atoms with E-state index < -0.39 is 12.0 Å². The molecule has 3 rings (SSSR count). The van der Waals surface area contributed by atoms with Crippen LogP contribution < -0.4 is 5.32 Å². The number of ether oxygens (including phenoxy) is 1. The third-order valence-electron chi connectivity index (χ3n) is 4.07. The lowest BCUT2D eigenvalue weighted by Crippen LogP contribution is -2.69. The van der Waals surface area contributed by atoms with Crippen LogP contribution in [0.2, 0.25) is 0 Å². The smallest absolute Gasteiger partial charge is 0.334 e. The van der Waals surface area contributed by atoms with Crippen LogP contribution in [0.5, 0.6) is 0 Å². The first kappa shape index (κ1) is 16.1. The summed E-state index contributed by atoms with van der Waals surface area (Å²) in [6, 6.07) is -0.591. The van der Waals surface area contributed by atoms with E-state index in [1.54, 1.807) is 6.92 Å². The zero-order chi connectivity index (χ0) is 16.6. The number of thioether (sulfide) groups is 1. The molecule has 0 aromatic rings. The Labute approximate surface area is 137 Å². The molecule has 124 valence electrons. The van der Waals surface area contributed by atoms with Gasteiger partial charge in [0.2, 0.25) is 5.91 Å². The number of amides is 2. The maximum atomic E-state index is 12.1. The van der Waals surface area contributed by atoms with Gasteiger partial charge in [-0.2, -0.15) is 0 Å². The molecule has 0 spiro atoms. The van der Waals surface area contributed by atoms with Gasteiger partial charge in [0.1, 0.15) is 11.4 Å². The fraction of sp³-hybridized carbons (Fsp3) is 0.533. The summed E-state index contributed by atoms with van der Waals surface area (Å²) in [5.74, 6) is -1.50. The van der Waals surface area contributed by atoms with E-state index >= 15 is 0 Å². The molecule has 0 saturated carbocycles. The molecule has 2 unspecified atom stereocenters. The molecular weight excluding hydrogens is 320 g/mol. The maximum Gasteiger partial charge on any atom is 0.334 e. The molecule has 1 fully saturated rings. The lowest BCUT2D eigenvalue weighted by atomic mass is 10.0. The molecule has 0 radical (unpaired) electrons. The van der Waals surface area contributed by atoms with Gasteiger partial charge in [0.15, 0.2) is 0 Å². The minimum atomic E-state index is -1.02. The van der Waals surface area contributed by atoms with Gasteiger partial charge >= 0.3 is 5.97 Å². The first-order valence-corrected chi connectivity index (χ1v) is 8.39. The van der Waals surface area contributed by atoms with Crippen LogP contribution in [0.4, 0.5) is 0 Å². The second kappa shape index (κ2) is 6.37. The molecule has 0 aromatic heterocycles. The first-order chi connectivity index (χ1) is 11.0. The molecule has 23 heavy (non-hydrogen) atoms. The number of β-lactam (4-membered cyclic amide) rings is 1. The van der Waals surface area contributed by atoms with E-state index in [-0.39, 0.29) is 34.4 Å². The second-order valence-electron chi connectivity index (χ2n) is 5.73. The predicted octanol–water partition coefficient (Wildman–Crippen LogP) is 0.480. The van der Waals surface area contributed by atoms with Gasteiger partial charge in [-0.3, -0.25) is 9.59 Å². The van der Waals surface area contributed by atoms with Crippen molar-refractivity contribution in [3.8, 4) is 0 Å². The van der Waals surface area contributed by atoms with Crippen LogP contribution in [0.25, 0.3) is 0 Å². The Morgan fingerprint density at radius 3 is 2.96 bits per heavy atom. The molecule has 3 atom stereocenters. The van der Waals surface area contributed by atoms with Crippen molar-refractivity contribution in [2.24, 2.45) is 0 Å². The number of aliphatic carboxylic acids is 1. The van der Waals surface area contributed by atoms with E-state index in [1.807, 2.05) is 6.08 Å². The van der Waals surface area contributed by atoms with Crippen molar-refractivity contribution < 1.29 is 24.2 Å². The minimum absolute atomic E-state index is 0.203. The summed E-state index contributed by atoms with van der Waals surface area (Å²) in [4.78, 5) is 36.7. The number of hydrogen-bond donors (Lipinski definition) is 2. The molecule has 7 nitrogen and oxygen atoms in total. The Kier molecular flexibility index (Phi) is 4.45. The number of nitrogens with zero attached hydrogens (tertiary/aromatic N) is 1. The molecule has 3 heterocycles. The third kappa shape index (κ3) is 3.13. The van der Waals surface area contributed by atoms with Crippen LogP contribution in [0.1, 0.15) is 19.8 Å². The Hall–Kier alpha value is -1.80. The van der Waals surface area contributed by atoms with Crippen LogP contribution in [0.15, 0.2) is 23.4 Å². The topological polar surface area (TPSA) is 95.9 Å². The molecule has 0 aliphatic carbocycles. The van der Waals surface area contributed by atoms with Crippen LogP contribution in [0.3, 0.4) is 0 Å². The molecule has 3 aliphatic rings. The number of hydrogen-bond acceptors (Lipinski definition) is 5. The average Bonchev–Trinajstić information content (AvgIpc) is 2.53. The molecule has 0 aromatic carbocycles. The van der Waals surface area contributed by atoms with Crippen LogP contribution in [0, 0.1) is 0 Å². The summed E-state index contributed by atoms with van der Waals surface area (Å²) in [6.07, 6.45) is 4.42. The predicted molar refractivity (Wildman–Crippen MR) is 83.5 cm³/mol. The largest absolute Gasteiger partial charge is 0.478 e. The zero-order valence-corrected chi connectivity index (χ0v) is 13.5. The Bertz CT molecular complexity index is 615. The van der Waals surface area contributed by atoms with E-state index in [0.717, 1.165) is 12.0 Å². The van der Waals surface area contributed by atoms with E-state index in [9.17, 15) is 14.4 Å². The van der Waals surface area contributed by atoms with Crippen molar-refractivity contribution in [3.05, 3.63) is 23.4 Å². The lowest BCUT2D eigenvalue weighted by Gasteiger charge is -2.48. The monoisotopic (exact) mass is 338 g/mol. The zero-order valence-electron chi connectivity index (χ0n) is 12.7. The Balaban J connectivity index is 1.61. The number of carbonyl (C=O) groups excluding carboxylic acids is 2. The quantitative estimate of drug-likeness (QED) is 0.572. The lowest BCUT2D eigenvalue weighted by molar-refractivity contribution is -0.145. The second-order valence-corrected chi connectivity index (χ2v) is 7.19. The first-order valence-electron chi connectivity index (χ1n) is 7.45. The fourth-order valence-electron chi connectivity index (χ4n) is 2.83. The molecule has 8 heteroatoms. The van der Waals surface area contributed by atoms with Crippen molar-refractivity contribution in [2.75, 3.05) is 13.2 Å². The minimum Gasteiger partial charge on any atom is -0.478 e. The van der Waals surface area contributed by atoms with Gasteiger partial charge in [0, 0.05) is 17.9 Å². The highest BCUT2D eigenvalue weighted by molar-refractivity contribution is 8.00. The third-order valence-corrected chi connectivity index (χ3v) is 5.51. The average molecular weight is 338 g/mol. The summed E-state index contributed by atoms with van der Waals surface area (Å²) in [7, 11) is 0. The van der Waals surface area contributed by atoms with E-state index in [1.165, 1.54) is 22.9 Å². The van der Waals surface area contributed by atoms with E-state index in [2.05, 4.69) is 5.32 Å². The van der Waals surface area contributed by atoms with Crippen molar-refractivity contribution >= 4 is 29.5 Å². The SMILES string of the molecule is CC1S[C@@H]2C(NC(=O)CC3=CCCOC3)C(=O)N2C=C1C(=O)O. The highest BCUT2D eigenvalue weighted by atomic mass is 32.2. The fourth-order valence-corrected chi connectivity index (χ4v) is 4.19. The van der Waals surface area contributed by atoms with Crippen molar-refractivity contribution in [1.29, 1.82) is 0 Å². The van der Waals surface area contributed by atoms with Gasteiger partial charge in [-0.05, 0) is 18.9 Å². The Morgan fingerprint density at radius 2 is 2.30 bits per heavy atom. The number of carboxylic acids is 1. The van der Waals surface area contributed by atoms with Gasteiger partial charge in [0.25, 0.3) is 5.91 Å². The number of fused-ring (bicyclic) bond motifs is 1. The number of nitrogens with one attached hydrogen (secondary N) is 1. The molecular formula is C15H18N2O5S. The summed E-state index contributed by atoms with van der Waals surface area (Å²) >= 11 is 1.37.